The molecule has 1 aliphatic rings. The minimum atomic E-state index is -0.282. The third kappa shape index (κ3) is 4.70. The topological polar surface area (TPSA) is 80.3 Å². The van der Waals surface area contributed by atoms with Crippen LogP contribution in [0.2, 0.25) is 5.02 Å². The molecule has 0 aliphatic carbocycles. The first-order valence-electron chi connectivity index (χ1n) is 10.2. The summed E-state index contributed by atoms with van der Waals surface area (Å²) in [7, 11) is 4.57. The van der Waals surface area contributed by atoms with Gasteiger partial charge in [-0.25, -0.2) is 0 Å². The molecule has 0 saturated carbocycles. The average molecular weight is 481 g/mol. The van der Waals surface area contributed by atoms with E-state index >= 15 is 0 Å². The Hall–Kier alpha value is -3.97. The molecule has 0 amide bonds. The molecule has 0 unspecified atom stereocenters. The first-order valence-corrected chi connectivity index (χ1v) is 10.6. The van der Waals surface area contributed by atoms with Crippen LogP contribution in [0.5, 0.6) is 28.7 Å². The minimum Gasteiger partial charge on any atom is -0.496 e. The molecule has 34 heavy (non-hydrogen) atoms. The zero-order valence-corrected chi connectivity index (χ0v) is 19.5. The van der Waals surface area contributed by atoms with Crippen molar-refractivity contribution in [1.29, 1.82) is 0 Å². The predicted octanol–water partition coefficient (Wildman–Crippen LogP) is 5.24. The van der Waals surface area contributed by atoms with E-state index in [9.17, 15) is 9.59 Å². The van der Waals surface area contributed by atoms with Crippen molar-refractivity contribution in [2.24, 2.45) is 0 Å². The van der Waals surface area contributed by atoms with E-state index in [2.05, 4.69) is 0 Å². The zero-order valence-electron chi connectivity index (χ0n) is 18.7. The van der Waals surface area contributed by atoms with Gasteiger partial charge in [-0.05, 0) is 48.5 Å². The van der Waals surface area contributed by atoms with Crippen LogP contribution in [0.3, 0.4) is 0 Å². The van der Waals surface area contributed by atoms with Gasteiger partial charge in [0, 0.05) is 28.3 Å². The van der Waals surface area contributed by atoms with E-state index in [4.69, 9.17) is 35.3 Å². The van der Waals surface area contributed by atoms with Crippen LogP contribution >= 0.6 is 11.6 Å². The number of ketones is 2. The number of carbonyl (C=O) groups excluding carboxylic acids is 2. The van der Waals surface area contributed by atoms with Crippen LogP contribution in [0.25, 0.3) is 6.08 Å². The molecule has 0 N–H and O–H groups in total. The highest BCUT2D eigenvalue weighted by Crippen LogP contribution is 2.39. The molecule has 3 aromatic rings. The van der Waals surface area contributed by atoms with E-state index in [-0.39, 0.29) is 23.9 Å². The van der Waals surface area contributed by atoms with Gasteiger partial charge in [-0.2, -0.15) is 0 Å². The van der Waals surface area contributed by atoms with Crippen LogP contribution in [-0.2, 0) is 0 Å². The number of hydrogen-bond acceptors (Lipinski definition) is 7. The van der Waals surface area contributed by atoms with Crippen molar-refractivity contribution < 1.29 is 33.3 Å². The maximum atomic E-state index is 12.9. The largest absolute Gasteiger partial charge is 0.496 e. The number of methoxy groups -OCH3 is 3. The molecule has 0 radical (unpaired) electrons. The SMILES string of the molecule is COc1cc(OC)c(OC)cc1C=C1Oc2cc(OCC(=O)c3ccc(Cl)cc3)ccc2C1=O. The highest BCUT2D eigenvalue weighted by Gasteiger charge is 2.28. The Morgan fingerprint density at radius 3 is 2.26 bits per heavy atom. The van der Waals surface area contributed by atoms with Gasteiger partial charge >= 0.3 is 0 Å². The lowest BCUT2D eigenvalue weighted by molar-refractivity contribution is 0.0921. The molecule has 3 aromatic carbocycles. The van der Waals surface area contributed by atoms with E-state index in [0.29, 0.717) is 50.5 Å². The molecule has 0 fully saturated rings. The fraction of sp³-hybridized carbons (Fsp3) is 0.154. The van der Waals surface area contributed by atoms with Crippen molar-refractivity contribution >= 4 is 29.2 Å². The van der Waals surface area contributed by atoms with Crippen LogP contribution in [0.15, 0.2) is 60.4 Å². The number of fused-ring (bicyclic) bond motifs is 1. The molecule has 0 atom stereocenters. The van der Waals surface area contributed by atoms with Crippen molar-refractivity contribution in [1.82, 2.24) is 0 Å². The van der Waals surface area contributed by atoms with Crippen LogP contribution < -0.4 is 23.7 Å². The van der Waals surface area contributed by atoms with Gasteiger partial charge < -0.3 is 23.7 Å². The Bertz CT molecular complexity index is 1280. The van der Waals surface area contributed by atoms with Crippen LogP contribution in [0, 0.1) is 0 Å². The average Bonchev–Trinajstić information content (AvgIpc) is 3.16. The monoisotopic (exact) mass is 480 g/mol. The summed E-state index contributed by atoms with van der Waals surface area (Å²) in [5, 5.41) is 0.549. The highest BCUT2D eigenvalue weighted by molar-refractivity contribution is 6.30. The summed E-state index contributed by atoms with van der Waals surface area (Å²) >= 11 is 5.86. The summed E-state index contributed by atoms with van der Waals surface area (Å²) in [6, 6.07) is 14.7. The minimum absolute atomic E-state index is 0.120. The number of allylic oxidation sites excluding steroid dienone is 1. The molecule has 1 heterocycles. The second kappa shape index (κ2) is 9.89. The lowest BCUT2D eigenvalue weighted by Gasteiger charge is -2.12. The van der Waals surface area contributed by atoms with E-state index in [1.807, 2.05) is 0 Å². The normalized spacial score (nSPS) is 13.3. The van der Waals surface area contributed by atoms with Gasteiger partial charge in [0.25, 0.3) is 0 Å². The number of hydrogen-bond donors (Lipinski definition) is 0. The molecular weight excluding hydrogens is 460 g/mol. The number of carbonyl (C=O) groups is 2. The Kier molecular flexibility index (Phi) is 6.75. The molecule has 7 nitrogen and oxygen atoms in total. The Morgan fingerprint density at radius 2 is 1.59 bits per heavy atom. The quantitative estimate of drug-likeness (QED) is 0.322. The van der Waals surface area contributed by atoms with Crippen molar-refractivity contribution in [2.75, 3.05) is 27.9 Å². The Labute approximate surface area is 201 Å². The van der Waals surface area contributed by atoms with Crippen LogP contribution in [0.4, 0.5) is 0 Å². The Balaban J connectivity index is 1.53. The summed E-state index contributed by atoms with van der Waals surface area (Å²) in [6.45, 7) is -0.167. The van der Waals surface area contributed by atoms with Crippen molar-refractivity contribution in [3.63, 3.8) is 0 Å². The van der Waals surface area contributed by atoms with Gasteiger partial charge in [0.1, 0.15) is 17.2 Å². The maximum absolute atomic E-state index is 12.9. The van der Waals surface area contributed by atoms with Gasteiger partial charge in [0.2, 0.25) is 5.78 Å². The van der Waals surface area contributed by atoms with Crippen LogP contribution in [-0.4, -0.2) is 39.5 Å². The highest BCUT2D eigenvalue weighted by atomic mass is 35.5. The summed E-state index contributed by atoms with van der Waals surface area (Å²) in [4.78, 5) is 25.2. The van der Waals surface area contributed by atoms with Gasteiger partial charge in [-0.15, -0.1) is 0 Å². The van der Waals surface area contributed by atoms with Crippen molar-refractivity contribution in [2.45, 2.75) is 0 Å². The first kappa shape index (κ1) is 23.2. The third-order valence-corrected chi connectivity index (χ3v) is 5.45. The molecule has 1 aliphatic heterocycles. The molecule has 174 valence electrons. The van der Waals surface area contributed by atoms with Crippen LogP contribution in [0.1, 0.15) is 26.3 Å². The van der Waals surface area contributed by atoms with E-state index in [0.717, 1.165) is 0 Å². The summed E-state index contributed by atoms with van der Waals surface area (Å²) in [6.07, 6.45) is 1.58. The number of benzene rings is 3. The lowest BCUT2D eigenvalue weighted by atomic mass is 10.1. The second-order valence-electron chi connectivity index (χ2n) is 7.27. The first-order chi connectivity index (χ1) is 16.4. The van der Waals surface area contributed by atoms with Gasteiger partial charge in [-0.3, -0.25) is 9.59 Å². The summed E-state index contributed by atoms with van der Waals surface area (Å²) in [5.74, 6) is 1.85. The number of Topliss-reactive ketones (excluding diaryl/α,β-unsaturated/α-hetero) is 2. The number of ether oxygens (including phenoxy) is 5. The Morgan fingerprint density at radius 1 is 0.912 bits per heavy atom. The maximum Gasteiger partial charge on any atom is 0.231 e. The molecule has 0 saturated heterocycles. The van der Waals surface area contributed by atoms with Gasteiger partial charge in [0.15, 0.2) is 29.6 Å². The summed E-state index contributed by atoms with van der Waals surface area (Å²) in [5.41, 5.74) is 1.47. The fourth-order valence-corrected chi connectivity index (χ4v) is 3.56. The number of halogens is 1. The standard InChI is InChI=1S/C26H21ClO7/c1-30-21-13-24(32-3)23(31-2)10-16(21)11-25-26(29)19-9-8-18(12-22(19)34-25)33-14-20(28)15-4-6-17(27)7-5-15/h4-13H,14H2,1-3H3. The number of rotatable bonds is 8. The van der Waals surface area contributed by atoms with Crippen molar-refractivity contribution in [3.05, 3.63) is 82.1 Å². The summed E-state index contributed by atoms with van der Waals surface area (Å²) < 4.78 is 27.5. The lowest BCUT2D eigenvalue weighted by Crippen LogP contribution is -2.11. The third-order valence-electron chi connectivity index (χ3n) is 5.20. The smallest absolute Gasteiger partial charge is 0.231 e. The molecule has 4 rings (SSSR count). The predicted molar refractivity (Wildman–Crippen MR) is 127 cm³/mol. The van der Waals surface area contributed by atoms with Gasteiger partial charge in [-0.1, -0.05) is 11.6 Å². The van der Waals surface area contributed by atoms with Crippen molar-refractivity contribution in [3.8, 4) is 28.7 Å². The molecule has 8 heteroatoms. The van der Waals surface area contributed by atoms with Gasteiger partial charge in [0.05, 0.1) is 26.9 Å². The molecule has 0 aromatic heterocycles. The molecule has 0 spiro atoms. The van der Waals surface area contributed by atoms with E-state index in [1.54, 1.807) is 60.7 Å². The van der Waals surface area contributed by atoms with E-state index < -0.39 is 0 Å². The molecule has 0 bridgehead atoms. The fourth-order valence-electron chi connectivity index (χ4n) is 3.43. The zero-order chi connectivity index (χ0) is 24.2. The van der Waals surface area contributed by atoms with E-state index in [1.165, 1.54) is 21.3 Å². The molecular formula is C26H21ClO7. The second-order valence-corrected chi connectivity index (χ2v) is 7.70.